The van der Waals surface area contributed by atoms with Crippen LogP contribution in [-0.4, -0.2) is 15.3 Å². The van der Waals surface area contributed by atoms with Gasteiger partial charge in [-0.1, -0.05) is 48.5 Å². The van der Waals surface area contributed by atoms with Gasteiger partial charge in [0.15, 0.2) is 0 Å². The van der Waals surface area contributed by atoms with Gasteiger partial charge in [0, 0.05) is 20.9 Å². The Hall–Kier alpha value is -3.19. The van der Waals surface area contributed by atoms with Gasteiger partial charge in [-0.25, -0.2) is 4.98 Å². The molecule has 0 radical (unpaired) electrons. The molecule has 1 N–H and O–H groups in total. The summed E-state index contributed by atoms with van der Waals surface area (Å²) in [6, 6.07) is 27.8. The van der Waals surface area contributed by atoms with Gasteiger partial charge in [0.05, 0.1) is 0 Å². The number of nitrogens with one attached hydrogen (secondary N) is 1. The zero-order valence-corrected chi connectivity index (χ0v) is 17.5. The summed E-state index contributed by atoms with van der Waals surface area (Å²) in [6.07, 6.45) is 1.91. The number of carbonyl (C=O) groups is 1. The van der Waals surface area contributed by atoms with Crippen LogP contribution in [0.1, 0.15) is 10.4 Å². The molecule has 1 amide bonds. The van der Waals surface area contributed by atoms with Crippen molar-refractivity contribution in [1.82, 2.24) is 9.38 Å². The van der Waals surface area contributed by atoms with Gasteiger partial charge in [0.1, 0.15) is 17.2 Å². The number of hydrogen-bond acceptors (Lipinski definition) is 2. The Labute approximate surface area is 181 Å². The molecule has 0 unspecified atom stereocenters. The van der Waals surface area contributed by atoms with Crippen LogP contribution >= 0.6 is 22.6 Å². The molecule has 5 heteroatoms. The zero-order valence-electron chi connectivity index (χ0n) is 15.3. The summed E-state index contributed by atoms with van der Waals surface area (Å²) in [6.45, 7) is 0. The quantitative estimate of drug-likeness (QED) is 0.316. The highest BCUT2D eigenvalue weighted by Gasteiger charge is 2.17. The molecule has 4 nitrogen and oxygen atoms in total. The molecule has 5 aromatic rings. The minimum atomic E-state index is -0.156. The van der Waals surface area contributed by atoms with Crippen molar-refractivity contribution in [3.05, 3.63) is 100 Å². The van der Waals surface area contributed by atoms with E-state index in [-0.39, 0.29) is 5.91 Å². The van der Waals surface area contributed by atoms with Gasteiger partial charge < -0.3 is 5.32 Å². The molecule has 2 aromatic heterocycles. The molecule has 0 saturated heterocycles. The van der Waals surface area contributed by atoms with E-state index in [2.05, 4.69) is 52.2 Å². The first-order valence-corrected chi connectivity index (χ1v) is 10.3. The van der Waals surface area contributed by atoms with E-state index >= 15 is 0 Å². The topological polar surface area (TPSA) is 46.4 Å². The van der Waals surface area contributed by atoms with Crippen molar-refractivity contribution < 1.29 is 4.79 Å². The van der Waals surface area contributed by atoms with Gasteiger partial charge in [0.25, 0.3) is 5.91 Å². The lowest BCUT2D eigenvalue weighted by Gasteiger charge is -2.09. The number of anilines is 1. The molecule has 29 heavy (non-hydrogen) atoms. The summed E-state index contributed by atoms with van der Waals surface area (Å²) in [5.41, 5.74) is 3.12. The molecule has 2 heterocycles. The van der Waals surface area contributed by atoms with Gasteiger partial charge in [-0.3, -0.25) is 9.20 Å². The third kappa shape index (κ3) is 3.38. The first-order chi connectivity index (χ1) is 14.2. The average molecular weight is 489 g/mol. The summed E-state index contributed by atoms with van der Waals surface area (Å²) in [5.74, 6) is 0.510. The molecule has 3 aromatic carbocycles. The van der Waals surface area contributed by atoms with E-state index in [9.17, 15) is 4.79 Å². The fraction of sp³-hybridized carbons (Fsp3) is 0. The van der Waals surface area contributed by atoms with E-state index in [1.807, 2.05) is 71.3 Å². The van der Waals surface area contributed by atoms with Crippen molar-refractivity contribution in [2.75, 3.05) is 5.32 Å². The van der Waals surface area contributed by atoms with Crippen molar-refractivity contribution in [2.24, 2.45) is 0 Å². The second kappa shape index (κ2) is 7.33. The van der Waals surface area contributed by atoms with E-state index in [1.54, 1.807) is 0 Å². The predicted molar refractivity (Wildman–Crippen MR) is 125 cm³/mol. The Morgan fingerprint density at radius 3 is 2.55 bits per heavy atom. The van der Waals surface area contributed by atoms with E-state index in [0.717, 1.165) is 25.9 Å². The second-order valence-electron chi connectivity index (χ2n) is 6.76. The van der Waals surface area contributed by atoms with E-state index in [1.165, 1.54) is 5.39 Å². The standard InChI is InChI=1S/C24H16IN3O/c25-20-9-5-8-19(15-20)24(29)27-23-22(26-21-10-3-4-13-28(21)23)18-12-11-16-6-1-2-7-17(16)14-18/h1-15H,(H,27,29). The first-order valence-electron chi connectivity index (χ1n) is 9.22. The van der Waals surface area contributed by atoms with Crippen molar-refractivity contribution in [2.45, 2.75) is 0 Å². The minimum Gasteiger partial charge on any atom is -0.306 e. The lowest BCUT2D eigenvalue weighted by atomic mass is 10.1. The van der Waals surface area contributed by atoms with Crippen molar-refractivity contribution in [1.29, 1.82) is 0 Å². The Morgan fingerprint density at radius 1 is 0.862 bits per heavy atom. The fourth-order valence-electron chi connectivity index (χ4n) is 3.46. The van der Waals surface area contributed by atoms with E-state index in [0.29, 0.717) is 11.4 Å². The third-order valence-corrected chi connectivity index (χ3v) is 5.54. The van der Waals surface area contributed by atoms with E-state index in [4.69, 9.17) is 4.98 Å². The number of nitrogens with zero attached hydrogens (tertiary/aromatic N) is 2. The van der Waals surface area contributed by atoms with Crippen LogP contribution in [0.4, 0.5) is 5.82 Å². The van der Waals surface area contributed by atoms with Crippen molar-refractivity contribution in [3.8, 4) is 11.3 Å². The molecule has 0 aliphatic carbocycles. The Balaban J connectivity index is 1.64. The van der Waals surface area contributed by atoms with Gasteiger partial charge in [-0.2, -0.15) is 0 Å². The number of halogens is 1. The third-order valence-electron chi connectivity index (χ3n) is 4.87. The summed E-state index contributed by atoms with van der Waals surface area (Å²) < 4.78 is 2.93. The number of hydrogen-bond donors (Lipinski definition) is 1. The summed E-state index contributed by atoms with van der Waals surface area (Å²) >= 11 is 2.21. The first kappa shape index (κ1) is 17.9. The molecule has 0 bridgehead atoms. The number of amides is 1. The Bertz CT molecular complexity index is 1370. The number of fused-ring (bicyclic) bond motifs is 2. The molecule has 0 saturated carbocycles. The number of imidazole rings is 1. The van der Waals surface area contributed by atoms with Crippen molar-refractivity contribution in [3.63, 3.8) is 0 Å². The van der Waals surface area contributed by atoms with E-state index < -0.39 is 0 Å². The summed E-state index contributed by atoms with van der Waals surface area (Å²) in [4.78, 5) is 17.7. The van der Waals surface area contributed by atoms with Crippen LogP contribution < -0.4 is 5.32 Å². The molecule has 0 fully saturated rings. The van der Waals surface area contributed by atoms with Crippen LogP contribution in [0.15, 0.2) is 91.1 Å². The van der Waals surface area contributed by atoms with Crippen LogP contribution in [0.5, 0.6) is 0 Å². The van der Waals surface area contributed by atoms with Crippen LogP contribution in [0.25, 0.3) is 27.7 Å². The van der Waals surface area contributed by atoms with Crippen LogP contribution in [0, 0.1) is 3.57 Å². The number of benzene rings is 3. The van der Waals surface area contributed by atoms with Gasteiger partial charge in [-0.05, 0) is 69.8 Å². The molecular formula is C24H16IN3O. The molecule has 0 aliphatic heterocycles. The van der Waals surface area contributed by atoms with Crippen LogP contribution in [0.2, 0.25) is 0 Å². The predicted octanol–water partition coefficient (Wildman–Crippen LogP) is 6.01. The highest BCUT2D eigenvalue weighted by molar-refractivity contribution is 14.1. The number of carbonyl (C=O) groups excluding carboxylic acids is 1. The normalized spacial score (nSPS) is 11.1. The number of rotatable bonds is 3. The summed E-state index contributed by atoms with van der Waals surface area (Å²) in [7, 11) is 0. The Kier molecular flexibility index (Phi) is 4.52. The van der Waals surface area contributed by atoms with Crippen molar-refractivity contribution >= 4 is 50.7 Å². The number of pyridine rings is 1. The highest BCUT2D eigenvalue weighted by atomic mass is 127. The van der Waals surface area contributed by atoms with Crippen LogP contribution in [-0.2, 0) is 0 Å². The zero-order chi connectivity index (χ0) is 19.8. The van der Waals surface area contributed by atoms with Gasteiger partial charge >= 0.3 is 0 Å². The second-order valence-corrected chi connectivity index (χ2v) is 8.01. The molecule has 5 rings (SSSR count). The molecule has 0 spiro atoms. The maximum absolute atomic E-state index is 12.9. The fourth-order valence-corrected chi connectivity index (χ4v) is 4.01. The Morgan fingerprint density at radius 2 is 1.69 bits per heavy atom. The van der Waals surface area contributed by atoms with Gasteiger partial charge in [0.2, 0.25) is 0 Å². The minimum absolute atomic E-state index is 0.156. The maximum Gasteiger partial charge on any atom is 0.256 e. The lowest BCUT2D eigenvalue weighted by molar-refractivity contribution is 0.102. The van der Waals surface area contributed by atoms with Gasteiger partial charge in [-0.15, -0.1) is 0 Å². The molecular weight excluding hydrogens is 473 g/mol. The van der Waals surface area contributed by atoms with Crippen LogP contribution in [0.3, 0.4) is 0 Å². The SMILES string of the molecule is O=C(Nc1c(-c2ccc3ccccc3c2)nc2ccccn12)c1cccc(I)c1. The monoisotopic (exact) mass is 489 g/mol. The molecule has 0 atom stereocenters. The lowest BCUT2D eigenvalue weighted by Crippen LogP contribution is -2.14. The average Bonchev–Trinajstić information content (AvgIpc) is 3.12. The highest BCUT2D eigenvalue weighted by Crippen LogP contribution is 2.31. The maximum atomic E-state index is 12.9. The number of aromatic nitrogens is 2. The summed E-state index contributed by atoms with van der Waals surface area (Å²) in [5, 5.41) is 5.39. The largest absolute Gasteiger partial charge is 0.306 e. The smallest absolute Gasteiger partial charge is 0.256 e. The molecule has 140 valence electrons. The molecule has 0 aliphatic rings.